The van der Waals surface area contributed by atoms with Crippen LogP contribution in [0.3, 0.4) is 0 Å². The van der Waals surface area contributed by atoms with E-state index < -0.39 is 32.1 Å². The molecule has 0 atom stereocenters. The molecule has 1 N–H and O–H groups in total. The smallest absolute Gasteiger partial charge is 0.233 e. The Morgan fingerprint density at radius 2 is 0.956 bits per heavy atom. The number of nitrogens with zero attached hydrogens (tertiary/aromatic N) is 1. The van der Waals surface area contributed by atoms with Crippen molar-refractivity contribution in [2.45, 2.75) is 258 Å². The number of nitrogens with one attached hydrogen (secondary N) is 1. The summed E-state index contributed by atoms with van der Waals surface area (Å²) in [7, 11) is -6.24. The zero-order valence-corrected chi connectivity index (χ0v) is 64.7. The number of rotatable bonds is 16. The Morgan fingerprint density at radius 3 is 1.02 bits per heavy atom. The first-order chi connectivity index (χ1) is 39.5. The van der Waals surface area contributed by atoms with Crippen LogP contribution < -0.4 is 4.72 Å². The van der Waals surface area contributed by atoms with Gasteiger partial charge in [0, 0.05) is 63.2 Å². The van der Waals surface area contributed by atoms with E-state index in [0.717, 1.165) is 16.4 Å². The average molecular weight is 1330 g/mol. The fourth-order valence-electron chi connectivity index (χ4n) is 3.35. The van der Waals surface area contributed by atoms with Crippen molar-refractivity contribution >= 4 is 77.7 Å². The summed E-state index contributed by atoms with van der Waals surface area (Å²) in [5, 5.41) is 9.57. The van der Waals surface area contributed by atoms with Gasteiger partial charge in [0.25, 0.3) is 0 Å². The molecular weight excluding hydrogens is 1200 g/mol. The van der Waals surface area contributed by atoms with Crippen molar-refractivity contribution < 1.29 is 59.6 Å². The predicted octanol–water partition coefficient (Wildman–Crippen LogP) is 17.4. The molecule has 0 saturated carbocycles. The molecule has 0 aliphatic heterocycles. The quantitative estimate of drug-likeness (QED) is 0.0378. The fourth-order valence-corrected chi connectivity index (χ4v) is 4.98. The lowest BCUT2D eigenvalue weighted by atomic mass is 9.88. The third-order valence-corrected chi connectivity index (χ3v) is 12.6. The van der Waals surface area contributed by atoms with Crippen LogP contribution in [0.1, 0.15) is 247 Å². The highest BCUT2D eigenvalue weighted by Gasteiger charge is 2.22. The molecule has 0 spiro atoms. The van der Waals surface area contributed by atoms with Gasteiger partial charge in [-0.3, -0.25) is 38.4 Å². The number of hydrogen-bond donors (Lipinski definition) is 1. The van der Waals surface area contributed by atoms with Gasteiger partial charge in [0.15, 0.2) is 27.2 Å². The van der Waals surface area contributed by atoms with E-state index in [0.29, 0.717) is 18.3 Å². The molecule has 0 amide bonds. The highest BCUT2D eigenvalue weighted by Crippen LogP contribution is 2.20. The minimum Gasteiger partial charge on any atom is -0.300 e. The van der Waals surface area contributed by atoms with Crippen LogP contribution in [0.4, 0.5) is 4.39 Å². The van der Waals surface area contributed by atoms with Gasteiger partial charge < -0.3 is 0 Å². The molecule has 0 bridgehead atoms. The first-order valence-electron chi connectivity index (χ1n) is 29.6. The first kappa shape index (κ1) is 109. The summed E-state index contributed by atoms with van der Waals surface area (Å²) in [5.41, 5.74) is 0.560. The van der Waals surface area contributed by atoms with E-state index in [4.69, 9.17) is 29.7 Å². The van der Waals surface area contributed by atoms with E-state index in [2.05, 4.69) is 63.6 Å². The largest absolute Gasteiger partial charge is 0.300 e. The maximum atomic E-state index is 11.3. The fraction of sp³-hybridized carbons (Fsp3) is 0.681. The van der Waals surface area contributed by atoms with Gasteiger partial charge in [-0.05, 0) is 110 Å². The molecule has 0 aromatic carbocycles. The molecule has 14 nitrogen and oxygen atoms in total. The Balaban J connectivity index is -0.0000000851. The van der Waals surface area contributed by atoms with Crippen LogP contribution in [0.5, 0.6) is 0 Å². The normalized spacial score (nSPS) is 10.8. The van der Waals surface area contributed by atoms with Crippen LogP contribution in [0.25, 0.3) is 0 Å². The molecule has 524 valence electrons. The molecule has 18 heteroatoms. The van der Waals surface area contributed by atoms with Crippen molar-refractivity contribution in [2.75, 3.05) is 12.6 Å². The zero-order chi connectivity index (χ0) is 75.6. The summed E-state index contributed by atoms with van der Waals surface area (Å²) < 4.78 is 56.4. The number of allylic oxidation sites excluding steroid dienone is 4. The number of carbonyl (C=O) groups excluding carboxylic acids is 8. The molecular formula is C72H128ClFN2O12S2. The lowest BCUT2D eigenvalue weighted by molar-refractivity contribution is -0.131. The second kappa shape index (κ2) is 54.3. The van der Waals surface area contributed by atoms with E-state index in [9.17, 15) is 59.6 Å². The maximum absolute atomic E-state index is 11.3. The number of hydrogen-bond acceptors (Lipinski definition) is 13. The summed E-state index contributed by atoms with van der Waals surface area (Å²) in [6, 6.07) is 1.80. The molecule has 0 heterocycles. The lowest BCUT2D eigenvalue weighted by Crippen LogP contribution is -2.39. The Morgan fingerprint density at radius 1 is 0.600 bits per heavy atom. The van der Waals surface area contributed by atoms with Crippen molar-refractivity contribution in [1.29, 1.82) is 5.26 Å². The predicted molar refractivity (Wildman–Crippen MR) is 381 cm³/mol. The molecule has 0 aliphatic carbocycles. The third-order valence-electron chi connectivity index (χ3n) is 9.24. The Labute approximate surface area is 556 Å². The summed E-state index contributed by atoms with van der Waals surface area (Å²) >= 11 is 5.20. The van der Waals surface area contributed by atoms with Gasteiger partial charge in [-0.2, -0.15) is 5.26 Å². The zero-order valence-electron chi connectivity index (χ0n) is 62.3. The average Bonchev–Trinajstić information content (AvgIpc) is 3.34. The number of carbonyl (C=O) groups is 8. The highest BCUT2D eigenvalue weighted by molar-refractivity contribution is 7.94. The number of sulfone groups is 1. The highest BCUT2D eigenvalue weighted by atomic mass is 35.5. The standard InChI is InChI=1S/C9H16O.C8H14O2.C8H14O.C8H12O.C6H13NO2S.C6H9NO.C6H12.C6H10.C5H9ClO.C5H9FO.C5H10O2S/c1-7(2)6-8(10)9(3,4)5;1-6(9)5-7(10)8(2,3)4;2*1-5-7(9)6-8(2,3)4;1-5-10(8,9)7-6(2,3)4;1-5(2)6(8)3-4-7;2*1-5-6(2,3)4;2*1-4(2)5(7)3-6;1-4-8(6,7)5(2)3/h6H,1-5H3;5H2,1-4H3;5H,1,6H2,2-4H3;1H,6H2,2-4H3;5,7H,1H2,2-4H3;5H,3H2,1-2H3;5H,1H2,2-4H3;1H,2-4H3;2*4H,3H2,1-2H3;4-5H,1H2,2-3H3. The van der Waals surface area contributed by atoms with Crippen LogP contribution in [0.15, 0.2) is 60.9 Å². The third kappa shape index (κ3) is 107. The van der Waals surface area contributed by atoms with E-state index in [1.54, 1.807) is 74.5 Å². The Kier molecular flexibility index (Phi) is 66.0. The van der Waals surface area contributed by atoms with Crippen LogP contribution in [0.2, 0.25) is 0 Å². The summed E-state index contributed by atoms with van der Waals surface area (Å²) in [5.74, 6) is 4.79. The van der Waals surface area contributed by atoms with E-state index in [-0.39, 0.29) is 115 Å². The van der Waals surface area contributed by atoms with E-state index in [1.807, 2.05) is 138 Å². The SMILES string of the molecule is C#CC(=O)CC(C)(C)C.C#CC(C)(C)C.C=CC(=O)CC(C)(C)C.C=CC(C)(C)C.C=CS(=O)(=O)C(C)C.C=CS(=O)(=O)NC(C)(C)C.CC(=O)CC(=O)C(C)(C)C.CC(C)=CC(=O)C(C)(C)C.CC(C)C(=O)CC#N.CC(C)C(=O)CCl.CC(C)C(=O)CF. The minimum atomic E-state index is -3.26. The van der Waals surface area contributed by atoms with Crippen molar-refractivity contribution in [3.8, 4) is 30.8 Å². The van der Waals surface area contributed by atoms with E-state index in [1.165, 1.54) is 13.0 Å². The van der Waals surface area contributed by atoms with Crippen LogP contribution in [-0.4, -0.2) is 86.4 Å². The van der Waals surface area contributed by atoms with Crippen molar-refractivity contribution in [3.63, 3.8) is 0 Å². The summed E-state index contributed by atoms with van der Waals surface area (Å²) in [6.45, 7) is 72.7. The number of nitriles is 1. The molecule has 90 heavy (non-hydrogen) atoms. The number of Topliss-reactive ketones (excluding diaryl/α,β-unsaturated/α-hetero) is 6. The molecule has 0 fully saturated rings. The first-order valence-corrected chi connectivity index (χ1v) is 33.3. The van der Waals surface area contributed by atoms with Crippen LogP contribution >= 0.6 is 11.6 Å². The molecule has 0 saturated heterocycles. The van der Waals surface area contributed by atoms with Crippen LogP contribution in [0, 0.1) is 86.3 Å². The maximum Gasteiger partial charge on any atom is 0.233 e. The number of sulfonamides is 1. The summed E-state index contributed by atoms with van der Waals surface area (Å²) in [6.07, 6.45) is 16.1. The molecule has 0 aromatic rings. The van der Waals surface area contributed by atoms with Crippen molar-refractivity contribution in [1.82, 2.24) is 4.72 Å². The topological polar surface area (TPSA) is 241 Å². The van der Waals surface area contributed by atoms with Crippen molar-refractivity contribution in [3.05, 3.63) is 60.9 Å². The monoisotopic (exact) mass is 1330 g/mol. The van der Waals surface area contributed by atoms with E-state index >= 15 is 0 Å². The number of halogens is 2. The minimum absolute atomic E-state index is 0.00894. The van der Waals surface area contributed by atoms with Gasteiger partial charge in [0.2, 0.25) is 15.8 Å². The number of ketones is 8. The van der Waals surface area contributed by atoms with Gasteiger partial charge >= 0.3 is 0 Å². The Bertz CT molecular complexity index is 2510. The van der Waals surface area contributed by atoms with Gasteiger partial charge in [0.1, 0.15) is 29.8 Å². The van der Waals surface area contributed by atoms with Gasteiger partial charge in [-0.25, -0.2) is 25.9 Å². The Hall–Kier alpha value is -5.25. The lowest BCUT2D eigenvalue weighted by Gasteiger charge is -2.18. The molecule has 0 radical (unpaired) electrons. The molecule has 0 aromatic heterocycles. The van der Waals surface area contributed by atoms with Gasteiger partial charge in [-0.15, -0.1) is 36.9 Å². The second-order valence-electron chi connectivity index (χ2n) is 29.4. The van der Waals surface area contributed by atoms with Crippen molar-refractivity contribution in [2.24, 2.45) is 50.2 Å². The number of alkyl halides is 2. The molecule has 0 rings (SSSR count). The molecule has 0 aliphatic rings. The van der Waals surface area contributed by atoms with Gasteiger partial charge in [0.05, 0.1) is 30.0 Å². The molecule has 0 unspecified atom stereocenters. The number of terminal acetylenes is 2. The summed E-state index contributed by atoms with van der Waals surface area (Å²) in [4.78, 5) is 85.1. The second-order valence-corrected chi connectivity index (χ2v) is 33.7. The van der Waals surface area contributed by atoms with Gasteiger partial charge in [-0.1, -0.05) is 177 Å². The van der Waals surface area contributed by atoms with Crippen LogP contribution in [-0.2, 0) is 58.2 Å².